The summed E-state index contributed by atoms with van der Waals surface area (Å²) >= 11 is 0. The molecule has 4 rings (SSSR count). The van der Waals surface area contributed by atoms with E-state index in [0.29, 0.717) is 35.5 Å². The molecule has 1 amide bonds. The van der Waals surface area contributed by atoms with E-state index in [9.17, 15) is 14.3 Å². The molecule has 6 heteroatoms. The number of carbonyl (C=O) groups is 1. The highest BCUT2D eigenvalue weighted by Gasteiger charge is 2.21. The predicted molar refractivity (Wildman–Crippen MR) is 87.1 cm³/mol. The van der Waals surface area contributed by atoms with E-state index in [-0.39, 0.29) is 11.7 Å². The largest absolute Gasteiger partial charge is 0.508 e. The van der Waals surface area contributed by atoms with Crippen molar-refractivity contribution in [2.45, 2.75) is 6.42 Å². The van der Waals surface area contributed by atoms with E-state index in [1.807, 2.05) is 0 Å². The molecule has 1 aliphatic heterocycles. The number of aromatic amines is 1. The van der Waals surface area contributed by atoms with Crippen molar-refractivity contribution in [2.24, 2.45) is 0 Å². The summed E-state index contributed by atoms with van der Waals surface area (Å²) in [6, 6.07) is 9.84. The SMILES string of the molecule is O=C1NCCc2[nH]c(-c3cc(-c4ccc(O)cc4)ncc3F)cc21. The number of H-pyrrole nitrogens is 1. The van der Waals surface area contributed by atoms with Crippen LogP contribution < -0.4 is 5.32 Å². The fourth-order valence-corrected chi connectivity index (χ4v) is 2.87. The molecule has 0 bridgehead atoms. The number of hydrogen-bond acceptors (Lipinski definition) is 3. The fraction of sp³-hybridized carbons (Fsp3) is 0.111. The van der Waals surface area contributed by atoms with Gasteiger partial charge in [-0.05, 0) is 36.4 Å². The van der Waals surface area contributed by atoms with Crippen molar-refractivity contribution >= 4 is 5.91 Å². The van der Waals surface area contributed by atoms with Crippen molar-refractivity contribution in [1.82, 2.24) is 15.3 Å². The number of pyridine rings is 1. The van der Waals surface area contributed by atoms with Gasteiger partial charge in [-0.25, -0.2) is 4.39 Å². The number of aromatic hydroxyl groups is 1. The zero-order valence-electron chi connectivity index (χ0n) is 12.6. The Morgan fingerprint density at radius 3 is 2.67 bits per heavy atom. The molecular formula is C18H14FN3O2. The highest BCUT2D eigenvalue weighted by molar-refractivity contribution is 5.97. The van der Waals surface area contributed by atoms with Crippen molar-refractivity contribution in [3.63, 3.8) is 0 Å². The molecule has 0 spiro atoms. The molecule has 1 aromatic carbocycles. The number of phenolic OH excluding ortho intramolecular Hbond substituents is 1. The highest BCUT2D eigenvalue weighted by Crippen LogP contribution is 2.29. The Morgan fingerprint density at radius 1 is 1.12 bits per heavy atom. The number of rotatable bonds is 2. The number of hydrogen-bond donors (Lipinski definition) is 3. The third-order valence-electron chi connectivity index (χ3n) is 4.11. The van der Waals surface area contributed by atoms with E-state index in [1.54, 1.807) is 36.4 Å². The molecule has 0 unspecified atom stereocenters. The molecule has 0 saturated heterocycles. The number of carbonyl (C=O) groups excluding carboxylic acids is 1. The summed E-state index contributed by atoms with van der Waals surface area (Å²) in [6.07, 6.45) is 1.86. The van der Waals surface area contributed by atoms with Crippen LogP contribution in [0.4, 0.5) is 4.39 Å². The lowest BCUT2D eigenvalue weighted by Crippen LogP contribution is -2.31. The normalized spacial score (nSPS) is 13.5. The molecule has 24 heavy (non-hydrogen) atoms. The summed E-state index contributed by atoms with van der Waals surface area (Å²) in [5, 5.41) is 12.1. The van der Waals surface area contributed by atoms with Crippen LogP contribution in [0.15, 0.2) is 42.6 Å². The first-order valence-electron chi connectivity index (χ1n) is 7.57. The Hall–Kier alpha value is -3.15. The van der Waals surface area contributed by atoms with Crippen molar-refractivity contribution < 1.29 is 14.3 Å². The maximum atomic E-state index is 14.3. The average molecular weight is 323 g/mol. The summed E-state index contributed by atoms with van der Waals surface area (Å²) < 4.78 is 14.3. The third kappa shape index (κ3) is 2.42. The van der Waals surface area contributed by atoms with Gasteiger partial charge in [-0.1, -0.05) is 0 Å². The van der Waals surface area contributed by atoms with E-state index in [2.05, 4.69) is 15.3 Å². The lowest BCUT2D eigenvalue weighted by atomic mass is 10.1. The van der Waals surface area contributed by atoms with Gasteiger partial charge in [0.05, 0.1) is 17.5 Å². The van der Waals surface area contributed by atoms with E-state index in [1.165, 1.54) is 0 Å². The number of halogens is 1. The number of benzene rings is 1. The van der Waals surface area contributed by atoms with Crippen molar-refractivity contribution in [2.75, 3.05) is 6.54 Å². The molecular weight excluding hydrogens is 309 g/mol. The maximum absolute atomic E-state index is 14.3. The molecule has 0 radical (unpaired) electrons. The van der Waals surface area contributed by atoms with Gasteiger partial charge in [0.25, 0.3) is 5.91 Å². The average Bonchev–Trinajstić information content (AvgIpc) is 3.02. The molecule has 0 saturated carbocycles. The molecule has 1 aliphatic rings. The van der Waals surface area contributed by atoms with Gasteiger partial charge in [0.2, 0.25) is 0 Å². The monoisotopic (exact) mass is 323 g/mol. The van der Waals surface area contributed by atoms with Crippen molar-refractivity contribution in [1.29, 1.82) is 0 Å². The summed E-state index contributed by atoms with van der Waals surface area (Å²) in [4.78, 5) is 19.1. The number of nitrogens with zero attached hydrogens (tertiary/aromatic N) is 1. The second-order valence-electron chi connectivity index (χ2n) is 5.68. The van der Waals surface area contributed by atoms with Crippen LogP contribution in [-0.4, -0.2) is 27.5 Å². The van der Waals surface area contributed by atoms with E-state index in [0.717, 1.165) is 17.5 Å². The quantitative estimate of drug-likeness (QED) is 0.678. The highest BCUT2D eigenvalue weighted by atomic mass is 19.1. The zero-order valence-corrected chi connectivity index (χ0v) is 12.6. The van der Waals surface area contributed by atoms with Gasteiger partial charge in [0.1, 0.15) is 5.75 Å². The van der Waals surface area contributed by atoms with Gasteiger partial charge in [-0.3, -0.25) is 9.78 Å². The summed E-state index contributed by atoms with van der Waals surface area (Å²) in [5.41, 5.74) is 3.63. The van der Waals surface area contributed by atoms with E-state index >= 15 is 0 Å². The summed E-state index contributed by atoms with van der Waals surface area (Å²) in [6.45, 7) is 0.573. The van der Waals surface area contributed by atoms with Gasteiger partial charge in [0.15, 0.2) is 5.82 Å². The first kappa shape index (κ1) is 14.4. The molecule has 3 N–H and O–H groups in total. The predicted octanol–water partition coefficient (Wildman–Crippen LogP) is 2.87. The summed E-state index contributed by atoms with van der Waals surface area (Å²) in [5.74, 6) is -0.451. The number of amides is 1. The number of fused-ring (bicyclic) bond motifs is 1. The minimum Gasteiger partial charge on any atom is -0.508 e. The van der Waals surface area contributed by atoms with Crippen molar-refractivity contribution in [3.05, 3.63) is 59.7 Å². The molecule has 5 nitrogen and oxygen atoms in total. The number of phenols is 1. The lowest BCUT2D eigenvalue weighted by Gasteiger charge is -2.11. The Labute approximate surface area is 137 Å². The zero-order chi connectivity index (χ0) is 16.7. The van der Waals surface area contributed by atoms with Gasteiger partial charge in [-0.2, -0.15) is 0 Å². The second kappa shape index (κ2) is 5.49. The maximum Gasteiger partial charge on any atom is 0.253 e. The van der Waals surface area contributed by atoms with Gasteiger partial charge < -0.3 is 15.4 Å². The molecule has 2 aromatic heterocycles. The van der Waals surface area contributed by atoms with Crippen molar-refractivity contribution in [3.8, 4) is 28.3 Å². The van der Waals surface area contributed by atoms with Gasteiger partial charge in [-0.15, -0.1) is 0 Å². The van der Waals surface area contributed by atoms with E-state index in [4.69, 9.17) is 0 Å². The molecule has 0 atom stereocenters. The van der Waals surface area contributed by atoms with Crippen LogP contribution in [-0.2, 0) is 6.42 Å². The number of nitrogens with one attached hydrogen (secondary N) is 2. The summed E-state index contributed by atoms with van der Waals surface area (Å²) in [7, 11) is 0. The van der Waals surface area contributed by atoms with Crippen LogP contribution in [0, 0.1) is 5.82 Å². The van der Waals surface area contributed by atoms with Crippen LogP contribution in [0.25, 0.3) is 22.5 Å². The molecule has 0 aliphatic carbocycles. The van der Waals surface area contributed by atoms with Crippen LogP contribution >= 0.6 is 0 Å². The van der Waals surface area contributed by atoms with Crippen LogP contribution in [0.1, 0.15) is 16.1 Å². The topological polar surface area (TPSA) is 78.0 Å². The van der Waals surface area contributed by atoms with Crippen LogP contribution in [0.2, 0.25) is 0 Å². The van der Waals surface area contributed by atoms with Crippen LogP contribution in [0.3, 0.4) is 0 Å². The Balaban J connectivity index is 1.79. The van der Waals surface area contributed by atoms with E-state index < -0.39 is 5.82 Å². The standard InChI is InChI=1S/C18H14FN3O2/c19-14-9-21-16(10-1-3-11(23)4-2-10)7-12(14)17-8-13-15(22-17)5-6-20-18(13)24/h1-4,7-9,22-23H,5-6H2,(H,20,24). The fourth-order valence-electron chi connectivity index (χ4n) is 2.87. The molecule has 120 valence electrons. The lowest BCUT2D eigenvalue weighted by molar-refractivity contribution is 0.0946. The second-order valence-corrected chi connectivity index (χ2v) is 5.68. The first-order chi connectivity index (χ1) is 11.6. The molecule has 3 heterocycles. The third-order valence-corrected chi connectivity index (χ3v) is 4.11. The minimum atomic E-state index is -0.462. The van der Waals surface area contributed by atoms with Gasteiger partial charge in [0, 0.05) is 35.5 Å². The van der Waals surface area contributed by atoms with Crippen LogP contribution in [0.5, 0.6) is 5.75 Å². The number of aromatic nitrogens is 2. The molecule has 0 fully saturated rings. The Morgan fingerprint density at radius 2 is 1.92 bits per heavy atom. The molecule has 3 aromatic rings. The smallest absolute Gasteiger partial charge is 0.253 e. The van der Waals surface area contributed by atoms with Gasteiger partial charge >= 0.3 is 0 Å². The first-order valence-corrected chi connectivity index (χ1v) is 7.57. The minimum absolute atomic E-state index is 0.146. The Kier molecular flexibility index (Phi) is 3.30. The Bertz CT molecular complexity index is 932.